The van der Waals surface area contributed by atoms with E-state index in [2.05, 4.69) is 17.2 Å². The molecule has 1 aliphatic rings. The Balaban J connectivity index is 1.67. The number of nitrogens with one attached hydrogen (secondary N) is 2. The van der Waals surface area contributed by atoms with Gasteiger partial charge in [0.15, 0.2) is 0 Å². The van der Waals surface area contributed by atoms with Crippen molar-refractivity contribution in [1.29, 1.82) is 0 Å². The highest BCUT2D eigenvalue weighted by atomic mass is 35.5. The SMILES string of the molecule is C=CCNC(=O)c1ccccc1NC(=O)[C@H]1CCCN(C(=O)c2ccc(Cl)cc2)C1. The molecule has 1 fully saturated rings. The second kappa shape index (κ2) is 10.1. The number of piperidine rings is 1. The van der Waals surface area contributed by atoms with Crippen LogP contribution in [0, 0.1) is 5.92 Å². The van der Waals surface area contributed by atoms with Crippen molar-refractivity contribution >= 4 is 35.0 Å². The Morgan fingerprint density at radius 3 is 2.60 bits per heavy atom. The highest BCUT2D eigenvalue weighted by molar-refractivity contribution is 6.30. The van der Waals surface area contributed by atoms with E-state index in [1.807, 2.05) is 0 Å². The van der Waals surface area contributed by atoms with E-state index in [-0.39, 0.29) is 23.6 Å². The first kappa shape index (κ1) is 21.6. The van der Waals surface area contributed by atoms with E-state index in [1.54, 1.807) is 59.5 Å². The lowest BCUT2D eigenvalue weighted by Crippen LogP contribution is -2.43. The van der Waals surface area contributed by atoms with Crippen LogP contribution >= 0.6 is 11.6 Å². The molecule has 1 saturated heterocycles. The highest BCUT2D eigenvalue weighted by Crippen LogP contribution is 2.22. The molecule has 2 aromatic carbocycles. The predicted octanol–water partition coefficient (Wildman–Crippen LogP) is 3.75. The molecule has 30 heavy (non-hydrogen) atoms. The van der Waals surface area contributed by atoms with Crippen molar-refractivity contribution in [2.24, 2.45) is 5.92 Å². The summed E-state index contributed by atoms with van der Waals surface area (Å²) in [4.78, 5) is 39.7. The maximum Gasteiger partial charge on any atom is 0.253 e. The molecule has 0 bridgehead atoms. The number of carbonyl (C=O) groups is 3. The number of hydrogen-bond donors (Lipinski definition) is 2. The lowest BCUT2D eigenvalue weighted by atomic mass is 9.96. The number of benzene rings is 2. The number of nitrogens with zero attached hydrogens (tertiary/aromatic N) is 1. The quantitative estimate of drug-likeness (QED) is 0.692. The van der Waals surface area contributed by atoms with Crippen LogP contribution in [0.4, 0.5) is 5.69 Å². The van der Waals surface area contributed by atoms with Gasteiger partial charge in [0, 0.05) is 30.2 Å². The number of amides is 3. The van der Waals surface area contributed by atoms with Gasteiger partial charge in [0.05, 0.1) is 17.2 Å². The molecule has 1 heterocycles. The third kappa shape index (κ3) is 5.27. The van der Waals surface area contributed by atoms with Crippen molar-refractivity contribution in [2.75, 3.05) is 25.0 Å². The molecule has 0 radical (unpaired) electrons. The first-order chi connectivity index (χ1) is 14.5. The molecule has 3 amide bonds. The monoisotopic (exact) mass is 425 g/mol. The summed E-state index contributed by atoms with van der Waals surface area (Å²) in [7, 11) is 0. The molecule has 2 N–H and O–H groups in total. The molecule has 3 rings (SSSR count). The Morgan fingerprint density at radius 1 is 1.13 bits per heavy atom. The largest absolute Gasteiger partial charge is 0.349 e. The minimum Gasteiger partial charge on any atom is -0.349 e. The zero-order chi connectivity index (χ0) is 21.5. The lowest BCUT2D eigenvalue weighted by Gasteiger charge is -2.32. The number of rotatable bonds is 6. The number of likely N-dealkylation sites (tertiary alicyclic amines) is 1. The Morgan fingerprint density at radius 2 is 1.87 bits per heavy atom. The van der Waals surface area contributed by atoms with E-state index in [0.717, 1.165) is 6.42 Å². The van der Waals surface area contributed by atoms with Gasteiger partial charge in [0.2, 0.25) is 5.91 Å². The molecule has 0 saturated carbocycles. The Hall–Kier alpha value is -3.12. The van der Waals surface area contributed by atoms with Crippen molar-refractivity contribution in [3.05, 3.63) is 77.3 Å². The van der Waals surface area contributed by atoms with Gasteiger partial charge in [-0.15, -0.1) is 6.58 Å². The van der Waals surface area contributed by atoms with Gasteiger partial charge in [0.25, 0.3) is 11.8 Å². The van der Waals surface area contributed by atoms with Gasteiger partial charge < -0.3 is 15.5 Å². The van der Waals surface area contributed by atoms with E-state index in [4.69, 9.17) is 11.6 Å². The average Bonchev–Trinajstić information content (AvgIpc) is 2.78. The molecular weight excluding hydrogens is 402 g/mol. The lowest BCUT2D eigenvalue weighted by molar-refractivity contribution is -0.121. The number of halogens is 1. The van der Waals surface area contributed by atoms with Crippen molar-refractivity contribution in [3.63, 3.8) is 0 Å². The van der Waals surface area contributed by atoms with Crippen LogP contribution in [0.3, 0.4) is 0 Å². The van der Waals surface area contributed by atoms with Crippen LogP contribution < -0.4 is 10.6 Å². The number of hydrogen-bond acceptors (Lipinski definition) is 3. The van der Waals surface area contributed by atoms with Crippen LogP contribution in [-0.4, -0.2) is 42.3 Å². The van der Waals surface area contributed by atoms with E-state index in [1.165, 1.54) is 0 Å². The first-order valence-corrected chi connectivity index (χ1v) is 10.2. The van der Waals surface area contributed by atoms with Gasteiger partial charge in [-0.1, -0.05) is 29.8 Å². The summed E-state index contributed by atoms with van der Waals surface area (Å²) < 4.78 is 0. The maximum absolute atomic E-state index is 12.9. The van der Waals surface area contributed by atoms with Gasteiger partial charge in [-0.3, -0.25) is 14.4 Å². The molecule has 156 valence electrons. The van der Waals surface area contributed by atoms with Crippen LogP contribution in [0.25, 0.3) is 0 Å². The highest BCUT2D eigenvalue weighted by Gasteiger charge is 2.29. The molecule has 2 aromatic rings. The first-order valence-electron chi connectivity index (χ1n) is 9.83. The fraction of sp³-hybridized carbons (Fsp3) is 0.261. The van der Waals surface area contributed by atoms with E-state index in [9.17, 15) is 14.4 Å². The Labute approximate surface area is 180 Å². The fourth-order valence-corrected chi connectivity index (χ4v) is 3.56. The maximum atomic E-state index is 12.9. The number of para-hydroxylation sites is 1. The summed E-state index contributed by atoms with van der Waals surface area (Å²) in [6.07, 6.45) is 3.01. The molecule has 0 aliphatic carbocycles. The molecular formula is C23H24ClN3O3. The number of anilines is 1. The van der Waals surface area contributed by atoms with E-state index in [0.29, 0.717) is 47.9 Å². The van der Waals surface area contributed by atoms with Crippen LogP contribution in [0.2, 0.25) is 5.02 Å². The molecule has 1 atom stereocenters. The Bertz CT molecular complexity index is 943. The third-order valence-corrected chi connectivity index (χ3v) is 5.26. The second-order valence-electron chi connectivity index (χ2n) is 7.13. The van der Waals surface area contributed by atoms with Gasteiger partial charge in [0.1, 0.15) is 0 Å². The molecule has 0 aromatic heterocycles. The smallest absolute Gasteiger partial charge is 0.253 e. The van der Waals surface area contributed by atoms with Crippen LogP contribution in [0.5, 0.6) is 0 Å². The van der Waals surface area contributed by atoms with Crippen LogP contribution in [-0.2, 0) is 4.79 Å². The zero-order valence-electron chi connectivity index (χ0n) is 16.6. The summed E-state index contributed by atoms with van der Waals surface area (Å²) in [6, 6.07) is 13.6. The average molecular weight is 426 g/mol. The Kier molecular flexibility index (Phi) is 7.25. The summed E-state index contributed by atoms with van der Waals surface area (Å²) in [5, 5.41) is 6.15. The summed E-state index contributed by atoms with van der Waals surface area (Å²) in [5.41, 5.74) is 1.38. The van der Waals surface area contributed by atoms with Crippen molar-refractivity contribution in [1.82, 2.24) is 10.2 Å². The van der Waals surface area contributed by atoms with Gasteiger partial charge in [-0.2, -0.15) is 0 Å². The second-order valence-corrected chi connectivity index (χ2v) is 7.57. The zero-order valence-corrected chi connectivity index (χ0v) is 17.3. The van der Waals surface area contributed by atoms with Crippen molar-refractivity contribution < 1.29 is 14.4 Å². The number of carbonyl (C=O) groups excluding carboxylic acids is 3. The molecule has 1 aliphatic heterocycles. The summed E-state index contributed by atoms with van der Waals surface area (Å²) >= 11 is 5.90. The summed E-state index contributed by atoms with van der Waals surface area (Å²) in [5.74, 6) is -0.950. The van der Waals surface area contributed by atoms with Crippen LogP contribution in [0.1, 0.15) is 33.6 Å². The normalized spacial score (nSPS) is 15.9. The standard InChI is InChI=1S/C23H24ClN3O3/c1-2-13-25-22(29)19-7-3-4-8-20(19)26-21(28)17-6-5-14-27(15-17)23(30)16-9-11-18(24)12-10-16/h2-4,7-12,17H,1,5-6,13-15H2,(H,25,29)(H,26,28)/t17-/m0/s1. The van der Waals surface area contributed by atoms with Gasteiger partial charge in [-0.05, 0) is 49.2 Å². The molecule has 0 spiro atoms. The summed E-state index contributed by atoms with van der Waals surface area (Å²) in [6.45, 7) is 4.86. The van der Waals surface area contributed by atoms with Gasteiger partial charge in [-0.25, -0.2) is 0 Å². The topological polar surface area (TPSA) is 78.5 Å². The van der Waals surface area contributed by atoms with Crippen molar-refractivity contribution in [2.45, 2.75) is 12.8 Å². The molecule has 7 heteroatoms. The van der Waals surface area contributed by atoms with Gasteiger partial charge >= 0.3 is 0 Å². The third-order valence-electron chi connectivity index (χ3n) is 5.01. The van der Waals surface area contributed by atoms with E-state index < -0.39 is 0 Å². The predicted molar refractivity (Wildman–Crippen MR) is 118 cm³/mol. The van der Waals surface area contributed by atoms with Crippen LogP contribution in [0.15, 0.2) is 61.2 Å². The van der Waals surface area contributed by atoms with Crippen molar-refractivity contribution in [3.8, 4) is 0 Å². The molecule has 0 unspecified atom stereocenters. The molecule has 6 nitrogen and oxygen atoms in total. The minimum atomic E-state index is -0.348. The minimum absolute atomic E-state index is 0.117. The fourth-order valence-electron chi connectivity index (χ4n) is 3.44. The van der Waals surface area contributed by atoms with E-state index >= 15 is 0 Å².